The van der Waals surface area contributed by atoms with Gasteiger partial charge in [-0.1, -0.05) is 108 Å². The van der Waals surface area contributed by atoms with E-state index in [2.05, 4.69) is 152 Å². The fourth-order valence-corrected chi connectivity index (χ4v) is 9.44. The van der Waals surface area contributed by atoms with E-state index in [0.717, 1.165) is 0 Å². The molecule has 0 unspecified atom stereocenters. The van der Waals surface area contributed by atoms with E-state index in [4.69, 9.17) is 0 Å². The lowest BCUT2D eigenvalue weighted by Crippen LogP contribution is -2.39. The Kier molecular flexibility index (Phi) is 8.25. The molecule has 1 nitrogen and oxygen atoms in total. The molecule has 2 saturated carbocycles. The smallest absolute Gasteiger partial charge is 0.0457 e. The Labute approximate surface area is 292 Å². The summed E-state index contributed by atoms with van der Waals surface area (Å²) < 4.78 is 0. The number of nitrogens with zero attached hydrogens (tertiary/aromatic N) is 1. The van der Waals surface area contributed by atoms with Gasteiger partial charge >= 0.3 is 0 Å². The molecule has 3 aliphatic rings. The number of hydrogen-bond acceptors (Lipinski definition) is 1. The molecule has 0 radical (unpaired) electrons. The topological polar surface area (TPSA) is 3.24 Å². The van der Waals surface area contributed by atoms with Gasteiger partial charge in [-0.05, 0) is 158 Å². The summed E-state index contributed by atoms with van der Waals surface area (Å²) in [5.41, 5.74) is 15.2. The molecular formula is C47H59N. The van der Waals surface area contributed by atoms with Crippen LogP contribution in [0.1, 0.15) is 148 Å². The lowest BCUT2D eigenvalue weighted by Gasteiger charge is -2.44. The van der Waals surface area contributed by atoms with Crippen molar-refractivity contribution in [2.24, 2.45) is 10.8 Å². The molecule has 0 saturated heterocycles. The van der Waals surface area contributed by atoms with Gasteiger partial charge in [0, 0.05) is 22.3 Å². The van der Waals surface area contributed by atoms with E-state index < -0.39 is 0 Å². The van der Waals surface area contributed by atoms with E-state index in [-0.39, 0.29) is 11.0 Å². The fraction of sp³-hybridized carbons (Fsp3) is 0.489. The van der Waals surface area contributed by atoms with E-state index in [9.17, 15) is 0 Å². The third kappa shape index (κ3) is 6.05. The molecule has 0 spiro atoms. The average Bonchev–Trinajstić information content (AvgIpc) is 3.26. The maximum Gasteiger partial charge on any atom is 0.0457 e. The first-order valence-electron chi connectivity index (χ1n) is 18.9. The first-order chi connectivity index (χ1) is 22.6. The van der Waals surface area contributed by atoms with E-state index in [1.54, 1.807) is 11.1 Å². The predicted molar refractivity (Wildman–Crippen MR) is 208 cm³/mol. The van der Waals surface area contributed by atoms with Crippen molar-refractivity contribution < 1.29 is 0 Å². The highest BCUT2D eigenvalue weighted by Gasteiger charge is 2.40. The first kappa shape index (κ1) is 33.2. The standard InChI is InChI=1S/C47H59N/c1-44(2,3)48(42-20-19-35(32-15-11-10-12-16-32)29-37(42)33-21-25-45(4,5)26-22-33)43-31-39-36-17-13-14-18-40(36)47(8,9)41(39)30-38(43)34-23-27-46(6,7)28-24-34/h10-20,29-31,33-34H,21-28H2,1-9H3. The number of rotatable bonds is 5. The van der Waals surface area contributed by atoms with Crippen molar-refractivity contribution in [1.29, 1.82) is 0 Å². The van der Waals surface area contributed by atoms with Crippen LogP contribution in [-0.2, 0) is 5.41 Å². The highest BCUT2D eigenvalue weighted by Crippen LogP contribution is 2.56. The second-order valence-corrected chi connectivity index (χ2v) is 18.7. The van der Waals surface area contributed by atoms with Crippen molar-refractivity contribution in [2.45, 2.75) is 136 Å². The van der Waals surface area contributed by atoms with Gasteiger partial charge in [-0.15, -0.1) is 0 Å². The van der Waals surface area contributed by atoms with E-state index in [1.807, 2.05) is 0 Å². The van der Waals surface area contributed by atoms with Gasteiger partial charge in [-0.2, -0.15) is 0 Å². The molecule has 0 aromatic heterocycles. The zero-order valence-electron chi connectivity index (χ0n) is 31.3. The van der Waals surface area contributed by atoms with Crippen LogP contribution in [-0.4, -0.2) is 5.54 Å². The van der Waals surface area contributed by atoms with Crippen molar-refractivity contribution in [3.05, 3.63) is 107 Å². The molecule has 1 heteroatoms. The summed E-state index contributed by atoms with van der Waals surface area (Å²) in [5.74, 6) is 1.14. The predicted octanol–water partition coefficient (Wildman–Crippen LogP) is 14.0. The zero-order chi connectivity index (χ0) is 34.1. The molecule has 0 aliphatic heterocycles. The molecule has 7 rings (SSSR count). The quantitative estimate of drug-likeness (QED) is 0.210. The monoisotopic (exact) mass is 637 g/mol. The average molecular weight is 638 g/mol. The summed E-state index contributed by atoms with van der Waals surface area (Å²) in [6, 6.07) is 33.0. The first-order valence-corrected chi connectivity index (χ1v) is 18.9. The van der Waals surface area contributed by atoms with Crippen molar-refractivity contribution in [1.82, 2.24) is 0 Å². The van der Waals surface area contributed by atoms with Crippen LogP contribution in [0.5, 0.6) is 0 Å². The number of hydrogen-bond donors (Lipinski definition) is 0. The van der Waals surface area contributed by atoms with E-state index in [1.165, 1.54) is 96.1 Å². The molecule has 48 heavy (non-hydrogen) atoms. The normalized spacial score (nSPS) is 20.3. The summed E-state index contributed by atoms with van der Waals surface area (Å²) in [6.07, 6.45) is 10.2. The highest BCUT2D eigenvalue weighted by molar-refractivity contribution is 5.87. The number of benzene rings is 4. The molecule has 4 aromatic rings. The van der Waals surface area contributed by atoms with Crippen molar-refractivity contribution in [3.8, 4) is 22.3 Å². The Hall–Kier alpha value is -3.32. The third-order valence-corrected chi connectivity index (χ3v) is 12.6. The summed E-state index contributed by atoms with van der Waals surface area (Å²) >= 11 is 0. The van der Waals surface area contributed by atoms with Crippen LogP contribution in [0.15, 0.2) is 84.9 Å². The molecule has 252 valence electrons. The van der Waals surface area contributed by atoms with Crippen LogP contribution >= 0.6 is 0 Å². The second kappa shape index (κ2) is 11.9. The van der Waals surface area contributed by atoms with Gasteiger partial charge in [0.05, 0.1) is 0 Å². The third-order valence-electron chi connectivity index (χ3n) is 12.6. The highest BCUT2D eigenvalue weighted by atomic mass is 15.2. The number of fused-ring (bicyclic) bond motifs is 3. The molecular weight excluding hydrogens is 579 g/mol. The van der Waals surface area contributed by atoms with Gasteiger partial charge in [0.15, 0.2) is 0 Å². The minimum absolute atomic E-state index is 0.00288. The molecule has 4 aromatic carbocycles. The molecule has 0 N–H and O–H groups in total. The summed E-state index contributed by atoms with van der Waals surface area (Å²) in [4.78, 5) is 2.78. The summed E-state index contributed by atoms with van der Waals surface area (Å²) in [7, 11) is 0. The van der Waals surface area contributed by atoms with Gasteiger partial charge in [0.2, 0.25) is 0 Å². The molecule has 0 amide bonds. The van der Waals surface area contributed by atoms with Crippen LogP contribution in [0.2, 0.25) is 0 Å². The Bertz CT molecular complexity index is 1780. The molecule has 3 aliphatic carbocycles. The Morgan fingerprint density at radius 2 is 1.06 bits per heavy atom. The minimum Gasteiger partial charge on any atom is -0.336 e. The van der Waals surface area contributed by atoms with Crippen LogP contribution in [0.25, 0.3) is 22.3 Å². The van der Waals surface area contributed by atoms with Crippen LogP contribution in [0.4, 0.5) is 11.4 Å². The maximum atomic E-state index is 2.78. The van der Waals surface area contributed by atoms with Crippen LogP contribution in [0.3, 0.4) is 0 Å². The Morgan fingerprint density at radius 3 is 1.65 bits per heavy atom. The second-order valence-electron chi connectivity index (χ2n) is 18.7. The van der Waals surface area contributed by atoms with Crippen molar-refractivity contribution >= 4 is 11.4 Å². The van der Waals surface area contributed by atoms with E-state index >= 15 is 0 Å². The Balaban J connectivity index is 1.45. The van der Waals surface area contributed by atoms with Crippen molar-refractivity contribution in [2.75, 3.05) is 4.90 Å². The summed E-state index contributed by atoms with van der Waals surface area (Å²) in [5, 5.41) is 0. The Morgan fingerprint density at radius 1 is 0.521 bits per heavy atom. The largest absolute Gasteiger partial charge is 0.336 e. The lowest BCUT2D eigenvalue weighted by atomic mass is 9.70. The lowest BCUT2D eigenvalue weighted by molar-refractivity contribution is 0.224. The zero-order valence-corrected chi connectivity index (χ0v) is 31.3. The summed E-state index contributed by atoms with van der Waals surface area (Å²) in [6.45, 7) is 22.1. The van der Waals surface area contributed by atoms with Crippen LogP contribution < -0.4 is 4.90 Å². The number of anilines is 2. The molecule has 0 atom stereocenters. The molecule has 2 fully saturated rings. The minimum atomic E-state index is -0.110. The van der Waals surface area contributed by atoms with Crippen molar-refractivity contribution in [3.63, 3.8) is 0 Å². The van der Waals surface area contributed by atoms with Gasteiger partial charge in [-0.3, -0.25) is 0 Å². The molecule has 0 heterocycles. The SMILES string of the molecule is CC1(C)CCC(c2cc(-c3ccccc3)ccc2N(c2cc3c(cc2C2CCC(C)(C)CC2)C(C)(C)c2ccccc2-3)C(C)(C)C)CC1. The van der Waals surface area contributed by atoms with Gasteiger partial charge < -0.3 is 4.90 Å². The van der Waals surface area contributed by atoms with E-state index in [0.29, 0.717) is 22.7 Å². The van der Waals surface area contributed by atoms with Gasteiger partial charge in [0.25, 0.3) is 0 Å². The molecule has 0 bridgehead atoms. The van der Waals surface area contributed by atoms with Gasteiger partial charge in [0.1, 0.15) is 0 Å². The van der Waals surface area contributed by atoms with Crippen LogP contribution in [0, 0.1) is 10.8 Å². The fourth-order valence-electron chi connectivity index (χ4n) is 9.44. The maximum absolute atomic E-state index is 2.78. The van der Waals surface area contributed by atoms with Gasteiger partial charge in [-0.25, -0.2) is 0 Å².